The van der Waals surface area contributed by atoms with E-state index in [1.54, 1.807) is 6.92 Å². The Balaban J connectivity index is 2.97. The van der Waals surface area contributed by atoms with Gasteiger partial charge in [0.1, 0.15) is 12.2 Å². The van der Waals surface area contributed by atoms with Gasteiger partial charge in [0.25, 0.3) is 11.6 Å². The van der Waals surface area contributed by atoms with Gasteiger partial charge in [-0.25, -0.2) is 0 Å². The topological polar surface area (TPSA) is 111 Å². The van der Waals surface area contributed by atoms with Gasteiger partial charge in [0.15, 0.2) is 0 Å². The first-order valence-corrected chi connectivity index (χ1v) is 5.89. The number of benzene rings is 1. The molecule has 0 bridgehead atoms. The molecule has 0 aliphatic heterocycles. The molecule has 0 saturated heterocycles. The molecule has 8 nitrogen and oxygen atoms in total. The largest absolute Gasteiger partial charge is 0.465 e. The molecular formula is C12H15N3O5. The Morgan fingerprint density at radius 3 is 2.65 bits per heavy atom. The molecule has 8 heteroatoms. The van der Waals surface area contributed by atoms with Crippen molar-refractivity contribution in [2.75, 3.05) is 25.5 Å². The summed E-state index contributed by atoms with van der Waals surface area (Å²) in [4.78, 5) is 33.0. The van der Waals surface area contributed by atoms with Gasteiger partial charge < -0.3 is 15.4 Å². The summed E-state index contributed by atoms with van der Waals surface area (Å²) in [5.41, 5.74) is 0.121. The molecule has 0 atom stereocenters. The van der Waals surface area contributed by atoms with Crippen LogP contribution >= 0.6 is 0 Å². The fourth-order valence-electron chi connectivity index (χ4n) is 1.50. The number of hydrogen-bond donors (Lipinski definition) is 2. The van der Waals surface area contributed by atoms with Crippen molar-refractivity contribution in [3.8, 4) is 0 Å². The summed E-state index contributed by atoms with van der Waals surface area (Å²) >= 11 is 0. The average molecular weight is 281 g/mol. The van der Waals surface area contributed by atoms with Crippen molar-refractivity contribution >= 4 is 23.3 Å². The highest BCUT2D eigenvalue weighted by Gasteiger charge is 2.17. The SMILES string of the molecule is CCOC(=O)CNc1cc(C(=O)NC)ccc1[N+](=O)[O-]. The number of esters is 1. The summed E-state index contributed by atoms with van der Waals surface area (Å²) in [5.74, 6) is -0.911. The summed E-state index contributed by atoms with van der Waals surface area (Å²) in [7, 11) is 1.45. The molecule has 1 rings (SSSR count). The van der Waals surface area contributed by atoms with Crippen molar-refractivity contribution in [3.63, 3.8) is 0 Å². The van der Waals surface area contributed by atoms with Crippen LogP contribution in [0.2, 0.25) is 0 Å². The Kier molecular flexibility index (Phi) is 5.45. The number of ether oxygens (including phenoxy) is 1. The van der Waals surface area contributed by atoms with Gasteiger partial charge in [-0.3, -0.25) is 19.7 Å². The number of hydrogen-bond acceptors (Lipinski definition) is 6. The Hall–Kier alpha value is -2.64. The first-order chi connectivity index (χ1) is 9.49. The standard InChI is InChI=1S/C12H15N3O5/c1-3-20-11(16)7-14-9-6-8(12(17)13-2)4-5-10(9)15(18)19/h4-6,14H,3,7H2,1-2H3,(H,13,17). The minimum atomic E-state index is -0.596. The molecule has 108 valence electrons. The zero-order valence-corrected chi connectivity index (χ0v) is 11.1. The number of anilines is 1. The van der Waals surface area contributed by atoms with Crippen molar-refractivity contribution < 1.29 is 19.2 Å². The van der Waals surface area contributed by atoms with Crippen LogP contribution in [0.4, 0.5) is 11.4 Å². The first kappa shape index (κ1) is 15.4. The van der Waals surface area contributed by atoms with Gasteiger partial charge in [-0.05, 0) is 19.1 Å². The Labute approximate surface area is 115 Å². The lowest BCUT2D eigenvalue weighted by Gasteiger charge is -2.08. The van der Waals surface area contributed by atoms with E-state index in [1.807, 2.05) is 0 Å². The van der Waals surface area contributed by atoms with E-state index in [-0.39, 0.29) is 36.0 Å². The van der Waals surface area contributed by atoms with Gasteiger partial charge in [-0.2, -0.15) is 0 Å². The van der Waals surface area contributed by atoms with E-state index in [1.165, 1.54) is 25.2 Å². The summed E-state index contributed by atoms with van der Waals surface area (Å²) in [6.45, 7) is 1.67. The maximum atomic E-state index is 11.5. The summed E-state index contributed by atoms with van der Waals surface area (Å²) in [6, 6.07) is 3.86. The molecule has 0 unspecified atom stereocenters. The van der Waals surface area contributed by atoms with Crippen LogP contribution in [0.3, 0.4) is 0 Å². The van der Waals surface area contributed by atoms with Crippen LogP contribution < -0.4 is 10.6 Å². The zero-order valence-electron chi connectivity index (χ0n) is 11.1. The van der Waals surface area contributed by atoms with E-state index in [2.05, 4.69) is 10.6 Å². The molecule has 0 spiro atoms. The molecule has 0 saturated carbocycles. The average Bonchev–Trinajstić information content (AvgIpc) is 2.44. The fraction of sp³-hybridized carbons (Fsp3) is 0.333. The number of carbonyl (C=O) groups is 2. The second-order valence-electron chi connectivity index (χ2n) is 3.73. The van der Waals surface area contributed by atoms with E-state index >= 15 is 0 Å². The lowest BCUT2D eigenvalue weighted by atomic mass is 10.1. The smallest absolute Gasteiger partial charge is 0.325 e. The number of carbonyl (C=O) groups excluding carboxylic acids is 2. The molecular weight excluding hydrogens is 266 g/mol. The monoisotopic (exact) mass is 281 g/mol. The van der Waals surface area contributed by atoms with E-state index in [0.29, 0.717) is 0 Å². The quantitative estimate of drug-likeness (QED) is 0.456. The van der Waals surface area contributed by atoms with Crippen molar-refractivity contribution in [3.05, 3.63) is 33.9 Å². The van der Waals surface area contributed by atoms with Crippen LogP contribution in [0.25, 0.3) is 0 Å². The molecule has 1 aromatic rings. The van der Waals surface area contributed by atoms with Crippen LogP contribution in [-0.2, 0) is 9.53 Å². The normalized spacial score (nSPS) is 9.70. The molecule has 0 aliphatic carbocycles. The lowest BCUT2D eigenvalue weighted by Crippen LogP contribution is -2.20. The molecule has 0 aliphatic rings. The van der Waals surface area contributed by atoms with Gasteiger partial charge in [-0.15, -0.1) is 0 Å². The Bertz CT molecular complexity index is 530. The number of nitro groups is 1. The second kappa shape index (κ2) is 7.07. The van der Waals surface area contributed by atoms with Gasteiger partial charge in [0.05, 0.1) is 11.5 Å². The van der Waals surface area contributed by atoms with Gasteiger partial charge >= 0.3 is 5.97 Å². The molecule has 0 fully saturated rings. The van der Waals surface area contributed by atoms with E-state index < -0.39 is 10.9 Å². The molecule has 0 radical (unpaired) electrons. The number of rotatable bonds is 6. The summed E-state index contributed by atoms with van der Waals surface area (Å²) in [5, 5.41) is 15.9. The molecule has 0 heterocycles. The number of nitro benzene ring substituents is 1. The van der Waals surface area contributed by atoms with E-state index in [4.69, 9.17) is 4.74 Å². The van der Waals surface area contributed by atoms with Crippen molar-refractivity contribution in [2.45, 2.75) is 6.92 Å². The van der Waals surface area contributed by atoms with Gasteiger partial charge in [0.2, 0.25) is 0 Å². The predicted molar refractivity (Wildman–Crippen MR) is 71.6 cm³/mol. The number of nitrogens with one attached hydrogen (secondary N) is 2. The summed E-state index contributed by atoms with van der Waals surface area (Å²) in [6.07, 6.45) is 0. The third kappa shape index (κ3) is 3.94. The molecule has 0 aromatic heterocycles. The maximum Gasteiger partial charge on any atom is 0.325 e. The molecule has 2 N–H and O–H groups in total. The molecule has 1 aromatic carbocycles. The van der Waals surface area contributed by atoms with Crippen LogP contribution in [0, 0.1) is 10.1 Å². The van der Waals surface area contributed by atoms with Crippen LogP contribution in [0.1, 0.15) is 17.3 Å². The Morgan fingerprint density at radius 2 is 2.10 bits per heavy atom. The number of amides is 1. The van der Waals surface area contributed by atoms with Crippen LogP contribution in [-0.4, -0.2) is 37.0 Å². The number of nitrogens with zero attached hydrogens (tertiary/aromatic N) is 1. The zero-order chi connectivity index (χ0) is 15.1. The predicted octanol–water partition coefficient (Wildman–Crippen LogP) is 0.929. The van der Waals surface area contributed by atoms with Crippen LogP contribution in [0.15, 0.2) is 18.2 Å². The highest BCUT2D eigenvalue weighted by atomic mass is 16.6. The van der Waals surface area contributed by atoms with Gasteiger partial charge in [0, 0.05) is 18.7 Å². The third-order valence-electron chi connectivity index (χ3n) is 2.41. The fourth-order valence-corrected chi connectivity index (χ4v) is 1.50. The van der Waals surface area contributed by atoms with Crippen LogP contribution in [0.5, 0.6) is 0 Å². The van der Waals surface area contributed by atoms with E-state index in [9.17, 15) is 19.7 Å². The Morgan fingerprint density at radius 1 is 1.40 bits per heavy atom. The second-order valence-corrected chi connectivity index (χ2v) is 3.73. The highest BCUT2D eigenvalue weighted by molar-refractivity contribution is 5.95. The van der Waals surface area contributed by atoms with Crippen molar-refractivity contribution in [1.82, 2.24) is 5.32 Å². The summed E-state index contributed by atoms with van der Waals surface area (Å²) < 4.78 is 4.71. The van der Waals surface area contributed by atoms with Crippen molar-refractivity contribution in [1.29, 1.82) is 0 Å². The minimum Gasteiger partial charge on any atom is -0.465 e. The van der Waals surface area contributed by atoms with E-state index in [0.717, 1.165) is 0 Å². The molecule has 1 amide bonds. The third-order valence-corrected chi connectivity index (χ3v) is 2.41. The maximum absolute atomic E-state index is 11.5. The van der Waals surface area contributed by atoms with Crippen molar-refractivity contribution in [2.24, 2.45) is 0 Å². The van der Waals surface area contributed by atoms with Gasteiger partial charge in [-0.1, -0.05) is 0 Å². The minimum absolute atomic E-state index is 0.0872. The first-order valence-electron chi connectivity index (χ1n) is 5.89. The highest BCUT2D eigenvalue weighted by Crippen LogP contribution is 2.25. The lowest BCUT2D eigenvalue weighted by molar-refractivity contribution is -0.384. The molecule has 20 heavy (non-hydrogen) atoms.